The van der Waals surface area contributed by atoms with E-state index in [0.717, 1.165) is 0 Å². The summed E-state index contributed by atoms with van der Waals surface area (Å²) in [6.45, 7) is 2.82. The van der Waals surface area contributed by atoms with Gasteiger partial charge in [-0.05, 0) is 42.5 Å². The molecular weight excluding hydrogens is 322 g/mol. The molecule has 2 amide bonds. The maximum atomic E-state index is 11.9. The van der Waals surface area contributed by atoms with Crippen LogP contribution in [0.3, 0.4) is 0 Å². The van der Waals surface area contributed by atoms with Crippen molar-refractivity contribution in [2.75, 3.05) is 5.32 Å². The summed E-state index contributed by atoms with van der Waals surface area (Å²) in [7, 11) is 0. The predicted octanol–water partition coefficient (Wildman–Crippen LogP) is 2.59. The van der Waals surface area contributed by atoms with Gasteiger partial charge in [0.25, 0.3) is 0 Å². The minimum Gasteiger partial charge on any atom is -0.508 e. The lowest BCUT2D eigenvalue weighted by Crippen LogP contribution is -2.25. The maximum absolute atomic E-state index is 11.9. The van der Waals surface area contributed by atoms with Crippen molar-refractivity contribution < 1.29 is 19.4 Å². The van der Waals surface area contributed by atoms with Gasteiger partial charge in [-0.25, -0.2) is 0 Å². The molecule has 0 spiro atoms. The van der Waals surface area contributed by atoms with Crippen molar-refractivity contribution in [3.05, 3.63) is 59.7 Å². The first-order valence-corrected chi connectivity index (χ1v) is 7.66. The molecule has 0 bridgehead atoms. The van der Waals surface area contributed by atoms with Crippen molar-refractivity contribution in [1.29, 1.82) is 0 Å². The normalized spacial score (nSPS) is 16.2. The van der Waals surface area contributed by atoms with E-state index >= 15 is 0 Å². The van der Waals surface area contributed by atoms with Gasteiger partial charge in [0.2, 0.25) is 23.9 Å². The number of aromatic hydroxyl groups is 1. The van der Waals surface area contributed by atoms with Crippen molar-refractivity contribution in [2.45, 2.75) is 20.1 Å². The SMILES string of the molecule is CC(=O)Nc1cccc(C2=NN(C(C)=O)C(c3ccc(O)cc3)O2)c1. The Bertz CT molecular complexity index is 846. The average molecular weight is 339 g/mol. The first-order chi connectivity index (χ1) is 11.9. The molecule has 3 rings (SSSR count). The molecule has 0 fully saturated rings. The molecule has 1 aliphatic rings. The highest BCUT2D eigenvalue weighted by Gasteiger charge is 2.33. The van der Waals surface area contributed by atoms with E-state index in [4.69, 9.17) is 4.74 Å². The van der Waals surface area contributed by atoms with Crippen LogP contribution in [0.1, 0.15) is 31.2 Å². The van der Waals surface area contributed by atoms with Crippen molar-refractivity contribution in [3.8, 4) is 5.75 Å². The van der Waals surface area contributed by atoms with E-state index in [1.165, 1.54) is 31.0 Å². The van der Waals surface area contributed by atoms with Crippen LogP contribution in [0, 0.1) is 0 Å². The molecule has 0 saturated heterocycles. The highest BCUT2D eigenvalue weighted by atomic mass is 16.5. The van der Waals surface area contributed by atoms with Crippen LogP contribution in [0.5, 0.6) is 5.75 Å². The molecule has 7 heteroatoms. The van der Waals surface area contributed by atoms with E-state index in [2.05, 4.69) is 10.4 Å². The Morgan fingerprint density at radius 2 is 1.88 bits per heavy atom. The molecule has 128 valence electrons. The van der Waals surface area contributed by atoms with E-state index in [-0.39, 0.29) is 23.5 Å². The van der Waals surface area contributed by atoms with Crippen LogP contribution in [0.25, 0.3) is 0 Å². The van der Waals surface area contributed by atoms with E-state index in [9.17, 15) is 14.7 Å². The van der Waals surface area contributed by atoms with Crippen molar-refractivity contribution in [3.63, 3.8) is 0 Å². The summed E-state index contributed by atoms with van der Waals surface area (Å²) in [5.41, 5.74) is 1.93. The van der Waals surface area contributed by atoms with Crippen molar-refractivity contribution in [1.82, 2.24) is 5.01 Å². The summed E-state index contributed by atoms with van der Waals surface area (Å²) in [4.78, 5) is 23.1. The lowest BCUT2D eigenvalue weighted by Gasteiger charge is -2.19. The molecule has 2 N–H and O–H groups in total. The number of hydrogen-bond donors (Lipinski definition) is 2. The van der Waals surface area contributed by atoms with Gasteiger partial charge in [-0.15, -0.1) is 5.10 Å². The Kier molecular flexibility index (Phi) is 4.38. The molecule has 0 aromatic heterocycles. The summed E-state index contributed by atoms with van der Waals surface area (Å²) in [5, 5.41) is 17.6. The van der Waals surface area contributed by atoms with Crippen LogP contribution < -0.4 is 5.32 Å². The van der Waals surface area contributed by atoms with Crippen molar-refractivity contribution in [2.24, 2.45) is 5.10 Å². The summed E-state index contributed by atoms with van der Waals surface area (Å²) < 4.78 is 5.87. The third kappa shape index (κ3) is 3.60. The number of ether oxygens (including phenoxy) is 1. The highest BCUT2D eigenvalue weighted by molar-refractivity contribution is 5.98. The predicted molar refractivity (Wildman–Crippen MR) is 91.7 cm³/mol. The van der Waals surface area contributed by atoms with Gasteiger partial charge in [-0.1, -0.05) is 6.07 Å². The molecular formula is C18H17N3O4. The number of benzene rings is 2. The standard InChI is InChI=1S/C18H17N3O4/c1-11(22)19-15-5-3-4-14(10-15)17-20-21(12(2)23)18(25-17)13-6-8-16(24)9-7-13/h3-10,18,24H,1-2H3,(H,19,22). The fourth-order valence-corrected chi connectivity index (χ4v) is 2.47. The first kappa shape index (κ1) is 16.5. The van der Waals surface area contributed by atoms with E-state index < -0.39 is 6.23 Å². The Balaban J connectivity index is 1.90. The zero-order chi connectivity index (χ0) is 18.0. The highest BCUT2D eigenvalue weighted by Crippen LogP contribution is 2.31. The van der Waals surface area contributed by atoms with Crippen LogP contribution in [-0.2, 0) is 14.3 Å². The minimum absolute atomic E-state index is 0.125. The number of amides is 2. The van der Waals surface area contributed by atoms with Crippen LogP contribution in [0.15, 0.2) is 53.6 Å². The van der Waals surface area contributed by atoms with Crippen LogP contribution in [0.2, 0.25) is 0 Å². The van der Waals surface area contributed by atoms with Crippen LogP contribution in [0.4, 0.5) is 5.69 Å². The monoisotopic (exact) mass is 339 g/mol. The number of carbonyl (C=O) groups excluding carboxylic acids is 2. The topological polar surface area (TPSA) is 91.2 Å². The quantitative estimate of drug-likeness (QED) is 0.899. The minimum atomic E-state index is -0.711. The Morgan fingerprint density at radius 1 is 1.16 bits per heavy atom. The zero-order valence-electron chi connectivity index (χ0n) is 13.8. The number of carbonyl (C=O) groups is 2. The Hall–Kier alpha value is -3.35. The molecule has 2 aromatic carbocycles. The largest absolute Gasteiger partial charge is 0.508 e. The second-order valence-electron chi connectivity index (χ2n) is 5.59. The van der Waals surface area contributed by atoms with Gasteiger partial charge in [-0.2, -0.15) is 5.01 Å². The third-order valence-electron chi connectivity index (χ3n) is 3.57. The van der Waals surface area contributed by atoms with Gasteiger partial charge in [-0.3, -0.25) is 9.59 Å². The number of hydrogen-bond acceptors (Lipinski definition) is 5. The summed E-state index contributed by atoms with van der Waals surface area (Å²) in [6, 6.07) is 13.4. The number of hydrazone groups is 1. The average Bonchev–Trinajstić information content (AvgIpc) is 3.01. The second kappa shape index (κ2) is 6.64. The van der Waals surface area contributed by atoms with Gasteiger partial charge in [0.15, 0.2) is 0 Å². The number of nitrogens with zero attached hydrogens (tertiary/aromatic N) is 2. The van der Waals surface area contributed by atoms with Gasteiger partial charge in [0.05, 0.1) is 0 Å². The number of nitrogens with one attached hydrogen (secondary N) is 1. The fraction of sp³-hybridized carbons (Fsp3) is 0.167. The zero-order valence-corrected chi connectivity index (χ0v) is 13.8. The molecule has 0 saturated carbocycles. The van der Waals surface area contributed by atoms with Gasteiger partial charge in [0, 0.05) is 30.7 Å². The lowest BCUT2D eigenvalue weighted by molar-refractivity contribution is -0.135. The van der Waals surface area contributed by atoms with Gasteiger partial charge >= 0.3 is 0 Å². The van der Waals surface area contributed by atoms with E-state index in [0.29, 0.717) is 16.8 Å². The molecule has 25 heavy (non-hydrogen) atoms. The summed E-state index contributed by atoms with van der Waals surface area (Å²) >= 11 is 0. The molecule has 0 radical (unpaired) electrons. The maximum Gasteiger partial charge on any atom is 0.243 e. The first-order valence-electron chi connectivity index (χ1n) is 7.66. The second-order valence-corrected chi connectivity index (χ2v) is 5.59. The van der Waals surface area contributed by atoms with Crippen LogP contribution in [-0.4, -0.2) is 27.8 Å². The van der Waals surface area contributed by atoms with E-state index in [1.54, 1.807) is 36.4 Å². The smallest absolute Gasteiger partial charge is 0.243 e. The van der Waals surface area contributed by atoms with E-state index in [1.807, 2.05) is 0 Å². The van der Waals surface area contributed by atoms with Gasteiger partial charge in [0.1, 0.15) is 5.75 Å². The summed E-state index contributed by atoms with van der Waals surface area (Å²) in [6.07, 6.45) is -0.711. The fourth-order valence-electron chi connectivity index (χ4n) is 2.47. The molecule has 1 aliphatic heterocycles. The summed E-state index contributed by atoms with van der Waals surface area (Å²) in [5.74, 6) is -0.0504. The molecule has 7 nitrogen and oxygen atoms in total. The molecule has 2 aromatic rings. The number of phenolic OH excluding ortho intramolecular Hbond substituents is 1. The molecule has 0 aliphatic carbocycles. The number of anilines is 1. The Labute approximate surface area is 144 Å². The molecule has 1 atom stereocenters. The van der Waals surface area contributed by atoms with Crippen molar-refractivity contribution >= 4 is 23.4 Å². The molecule has 1 heterocycles. The Morgan fingerprint density at radius 3 is 2.52 bits per heavy atom. The van der Waals surface area contributed by atoms with Crippen LogP contribution >= 0.6 is 0 Å². The lowest BCUT2D eigenvalue weighted by atomic mass is 10.1. The molecule has 1 unspecified atom stereocenters. The number of phenols is 1. The third-order valence-corrected chi connectivity index (χ3v) is 3.57. The van der Waals surface area contributed by atoms with Gasteiger partial charge < -0.3 is 15.2 Å². The number of rotatable bonds is 3.